The summed E-state index contributed by atoms with van der Waals surface area (Å²) in [5.74, 6) is 0.705. The van der Waals surface area contributed by atoms with Crippen LogP contribution in [0.5, 0.6) is 11.5 Å². The predicted molar refractivity (Wildman–Crippen MR) is 83.6 cm³/mol. The molecule has 0 aliphatic rings. The van der Waals surface area contributed by atoms with Gasteiger partial charge < -0.3 is 19.9 Å². The van der Waals surface area contributed by atoms with Crippen molar-refractivity contribution in [1.82, 2.24) is 15.3 Å². The van der Waals surface area contributed by atoms with Crippen molar-refractivity contribution in [2.75, 3.05) is 20.8 Å². The van der Waals surface area contributed by atoms with Crippen LogP contribution in [0, 0.1) is 6.92 Å². The lowest BCUT2D eigenvalue weighted by Gasteiger charge is -2.16. The number of aryl methyl sites for hydroxylation is 1. The average Bonchev–Trinajstić information content (AvgIpc) is 2.59. The van der Waals surface area contributed by atoms with E-state index in [1.165, 1.54) is 26.6 Å². The zero-order chi connectivity index (χ0) is 16.8. The van der Waals surface area contributed by atoms with E-state index in [2.05, 4.69) is 15.3 Å². The fraction of sp³-hybridized carbons (Fsp3) is 0.312. The number of aliphatic hydroxyl groups excluding tert-OH is 1. The summed E-state index contributed by atoms with van der Waals surface area (Å²) in [5.41, 5.74) is 1.45. The molecule has 0 aliphatic heterocycles. The lowest BCUT2D eigenvalue weighted by Crippen LogP contribution is -2.29. The Morgan fingerprint density at radius 1 is 1.26 bits per heavy atom. The molecule has 2 rings (SSSR count). The first-order valence-electron chi connectivity index (χ1n) is 7.02. The quantitative estimate of drug-likeness (QED) is 0.833. The Bertz CT molecular complexity index is 674. The van der Waals surface area contributed by atoms with E-state index in [1.807, 2.05) is 0 Å². The summed E-state index contributed by atoms with van der Waals surface area (Å²) in [6.45, 7) is 1.80. The fourth-order valence-electron chi connectivity index (χ4n) is 2.00. The summed E-state index contributed by atoms with van der Waals surface area (Å²) in [7, 11) is 3.05. The van der Waals surface area contributed by atoms with Gasteiger partial charge in [-0.05, 0) is 25.1 Å². The Balaban J connectivity index is 2.05. The van der Waals surface area contributed by atoms with E-state index in [0.29, 0.717) is 17.1 Å². The number of methoxy groups -OCH3 is 2. The summed E-state index contributed by atoms with van der Waals surface area (Å²) in [4.78, 5) is 20.0. The number of amides is 1. The lowest BCUT2D eigenvalue weighted by atomic mass is 10.1. The molecule has 122 valence electrons. The molecule has 1 aromatic carbocycles. The van der Waals surface area contributed by atoms with Crippen LogP contribution in [0.4, 0.5) is 0 Å². The van der Waals surface area contributed by atoms with Crippen LogP contribution in [-0.4, -0.2) is 41.7 Å². The molecular formula is C16H19N3O4. The smallest absolute Gasteiger partial charge is 0.271 e. The zero-order valence-corrected chi connectivity index (χ0v) is 13.2. The summed E-state index contributed by atoms with van der Waals surface area (Å²) in [6.07, 6.45) is 1.96. The Labute approximate surface area is 134 Å². The normalized spacial score (nSPS) is 11.7. The Hall–Kier alpha value is -2.67. The number of hydrogen-bond donors (Lipinski definition) is 2. The van der Waals surface area contributed by atoms with E-state index in [0.717, 1.165) is 5.69 Å². The molecule has 0 spiro atoms. The number of benzene rings is 1. The summed E-state index contributed by atoms with van der Waals surface area (Å²) < 4.78 is 10.4. The van der Waals surface area contributed by atoms with Crippen molar-refractivity contribution in [2.45, 2.75) is 13.0 Å². The van der Waals surface area contributed by atoms with Gasteiger partial charge in [-0.1, -0.05) is 0 Å². The van der Waals surface area contributed by atoms with Gasteiger partial charge in [0.15, 0.2) is 0 Å². The number of aliphatic hydroxyl groups is 1. The topological polar surface area (TPSA) is 93.6 Å². The number of rotatable bonds is 6. The summed E-state index contributed by atoms with van der Waals surface area (Å²) in [5, 5.41) is 12.9. The van der Waals surface area contributed by atoms with Crippen molar-refractivity contribution in [2.24, 2.45) is 0 Å². The molecule has 23 heavy (non-hydrogen) atoms. The van der Waals surface area contributed by atoms with Crippen LogP contribution >= 0.6 is 0 Å². The molecule has 7 heteroatoms. The molecule has 1 aromatic heterocycles. The Morgan fingerprint density at radius 2 is 2.04 bits per heavy atom. The first-order chi connectivity index (χ1) is 11.0. The molecule has 1 atom stereocenters. The molecule has 0 saturated heterocycles. The van der Waals surface area contributed by atoms with Crippen molar-refractivity contribution >= 4 is 5.91 Å². The van der Waals surface area contributed by atoms with Crippen molar-refractivity contribution in [3.05, 3.63) is 47.5 Å². The van der Waals surface area contributed by atoms with Gasteiger partial charge in [0.1, 0.15) is 23.3 Å². The lowest BCUT2D eigenvalue weighted by molar-refractivity contribution is 0.0909. The summed E-state index contributed by atoms with van der Waals surface area (Å²) in [6, 6.07) is 5.10. The van der Waals surface area contributed by atoms with E-state index < -0.39 is 12.0 Å². The van der Waals surface area contributed by atoms with Crippen molar-refractivity contribution in [3.8, 4) is 11.5 Å². The first-order valence-corrected chi connectivity index (χ1v) is 7.02. The SMILES string of the molecule is COc1ccc(OC)c([C@@H](O)CNC(=O)c2cnc(C)cn2)c1. The summed E-state index contributed by atoms with van der Waals surface area (Å²) >= 11 is 0. The van der Waals surface area contributed by atoms with Gasteiger partial charge in [0, 0.05) is 18.3 Å². The minimum absolute atomic E-state index is 0.0118. The maximum absolute atomic E-state index is 12.0. The van der Waals surface area contributed by atoms with Crippen LogP contribution in [-0.2, 0) is 0 Å². The van der Waals surface area contributed by atoms with E-state index in [4.69, 9.17) is 9.47 Å². The third-order valence-corrected chi connectivity index (χ3v) is 3.27. The number of nitrogens with one attached hydrogen (secondary N) is 1. The molecular weight excluding hydrogens is 298 g/mol. The van der Waals surface area contributed by atoms with Gasteiger partial charge in [-0.15, -0.1) is 0 Å². The van der Waals surface area contributed by atoms with Gasteiger partial charge in [0.25, 0.3) is 5.91 Å². The van der Waals surface area contributed by atoms with Gasteiger partial charge in [0.05, 0.1) is 26.1 Å². The van der Waals surface area contributed by atoms with Crippen molar-refractivity contribution < 1.29 is 19.4 Å². The zero-order valence-electron chi connectivity index (χ0n) is 13.2. The van der Waals surface area contributed by atoms with Crippen molar-refractivity contribution in [3.63, 3.8) is 0 Å². The standard InChI is InChI=1S/C16H19N3O4/c1-10-7-18-13(8-17-10)16(21)19-9-14(20)12-6-11(22-2)4-5-15(12)23-3/h4-8,14,20H,9H2,1-3H3,(H,19,21)/t14-/m0/s1. The van der Waals surface area contributed by atoms with Crippen LogP contribution in [0.25, 0.3) is 0 Å². The molecule has 2 N–H and O–H groups in total. The van der Waals surface area contributed by atoms with Crippen LogP contribution in [0.2, 0.25) is 0 Å². The van der Waals surface area contributed by atoms with Crippen LogP contribution in [0.1, 0.15) is 27.8 Å². The Morgan fingerprint density at radius 3 is 2.65 bits per heavy atom. The van der Waals surface area contributed by atoms with Crippen molar-refractivity contribution in [1.29, 1.82) is 0 Å². The maximum atomic E-state index is 12.0. The number of nitrogens with zero attached hydrogens (tertiary/aromatic N) is 2. The molecule has 0 fully saturated rings. The monoisotopic (exact) mass is 317 g/mol. The highest BCUT2D eigenvalue weighted by atomic mass is 16.5. The van der Waals surface area contributed by atoms with Gasteiger partial charge in [-0.25, -0.2) is 4.98 Å². The second-order valence-electron chi connectivity index (χ2n) is 4.88. The van der Waals surface area contributed by atoms with Gasteiger partial charge in [-0.3, -0.25) is 9.78 Å². The van der Waals surface area contributed by atoms with Gasteiger partial charge >= 0.3 is 0 Å². The number of ether oxygens (including phenoxy) is 2. The minimum atomic E-state index is -0.942. The highest BCUT2D eigenvalue weighted by Gasteiger charge is 2.16. The molecule has 0 aliphatic carbocycles. The second-order valence-corrected chi connectivity index (χ2v) is 4.88. The molecule has 0 bridgehead atoms. The van der Waals surface area contributed by atoms with E-state index in [1.54, 1.807) is 25.1 Å². The van der Waals surface area contributed by atoms with E-state index in [9.17, 15) is 9.90 Å². The number of carbonyl (C=O) groups is 1. The van der Waals surface area contributed by atoms with Crippen LogP contribution in [0.3, 0.4) is 0 Å². The van der Waals surface area contributed by atoms with Crippen LogP contribution < -0.4 is 14.8 Å². The maximum Gasteiger partial charge on any atom is 0.271 e. The van der Waals surface area contributed by atoms with Crippen LogP contribution in [0.15, 0.2) is 30.6 Å². The van der Waals surface area contributed by atoms with E-state index in [-0.39, 0.29) is 12.2 Å². The third-order valence-electron chi connectivity index (χ3n) is 3.27. The number of carbonyl (C=O) groups excluding carboxylic acids is 1. The minimum Gasteiger partial charge on any atom is -0.497 e. The number of hydrogen-bond acceptors (Lipinski definition) is 6. The average molecular weight is 317 g/mol. The fourth-order valence-corrected chi connectivity index (χ4v) is 2.00. The molecule has 1 amide bonds. The van der Waals surface area contributed by atoms with E-state index >= 15 is 0 Å². The highest BCUT2D eigenvalue weighted by Crippen LogP contribution is 2.29. The first kappa shape index (κ1) is 16.7. The molecule has 0 saturated carbocycles. The highest BCUT2D eigenvalue weighted by molar-refractivity contribution is 5.91. The Kier molecular flexibility index (Phi) is 5.48. The molecule has 2 aromatic rings. The third kappa shape index (κ3) is 4.17. The number of aromatic nitrogens is 2. The second kappa shape index (κ2) is 7.55. The van der Waals surface area contributed by atoms with Gasteiger partial charge in [0.2, 0.25) is 0 Å². The largest absolute Gasteiger partial charge is 0.497 e. The molecule has 0 radical (unpaired) electrons. The van der Waals surface area contributed by atoms with Gasteiger partial charge in [-0.2, -0.15) is 0 Å². The predicted octanol–water partition coefficient (Wildman–Crippen LogP) is 1.27. The molecule has 0 unspecified atom stereocenters. The molecule has 7 nitrogen and oxygen atoms in total. The molecule has 1 heterocycles.